The maximum atomic E-state index is 13.5. The number of amides is 1. The number of nitrogens with one attached hydrogen (secondary N) is 1. The number of allylic oxidation sites excluding steroid dienone is 13. The Labute approximate surface area is 437 Å². The molecule has 0 saturated carbocycles. The van der Waals surface area contributed by atoms with Crippen LogP contribution in [0.1, 0.15) is 239 Å². The molecule has 1 amide bonds. The molecule has 0 rings (SSSR count). The smallest absolute Gasteiger partial charge is 0.306 e. The summed E-state index contributed by atoms with van der Waals surface area (Å²) in [4.78, 5) is 39.8. The number of hydrogen-bond acceptors (Lipinski definition) is 7. The number of carbonyl (C=O) groups is 2. The van der Waals surface area contributed by atoms with Crippen LogP contribution in [0.2, 0.25) is 0 Å². The van der Waals surface area contributed by atoms with E-state index in [0.29, 0.717) is 17.4 Å². The molecule has 0 aliphatic rings. The predicted molar refractivity (Wildman–Crippen MR) is 302 cm³/mol. The third-order valence-corrected chi connectivity index (χ3v) is 13.3. The van der Waals surface area contributed by atoms with Crippen molar-refractivity contribution in [3.05, 3.63) is 85.1 Å². The predicted octanol–water partition coefficient (Wildman–Crippen LogP) is 16.8. The molecule has 410 valence electrons. The van der Waals surface area contributed by atoms with Crippen LogP contribution >= 0.6 is 7.82 Å². The van der Waals surface area contributed by atoms with Crippen molar-refractivity contribution in [1.29, 1.82) is 0 Å². The molecule has 71 heavy (non-hydrogen) atoms. The first-order valence-corrected chi connectivity index (χ1v) is 30.4. The summed E-state index contributed by atoms with van der Waals surface area (Å²) >= 11 is 0. The van der Waals surface area contributed by atoms with E-state index in [1.54, 1.807) is 0 Å². The molecule has 0 aliphatic heterocycles. The molecule has 0 aromatic carbocycles. The van der Waals surface area contributed by atoms with E-state index in [-0.39, 0.29) is 31.3 Å². The van der Waals surface area contributed by atoms with Gasteiger partial charge in [0.2, 0.25) is 5.91 Å². The van der Waals surface area contributed by atoms with E-state index < -0.39 is 26.6 Å². The average molecular weight is 1010 g/mol. The van der Waals surface area contributed by atoms with E-state index in [9.17, 15) is 19.0 Å². The summed E-state index contributed by atoms with van der Waals surface area (Å²) in [5.41, 5.74) is 0. The highest BCUT2D eigenvalue weighted by atomic mass is 31.2. The van der Waals surface area contributed by atoms with Gasteiger partial charge in [-0.15, -0.1) is 0 Å². The molecule has 3 atom stereocenters. The zero-order valence-electron chi connectivity index (χ0n) is 46.7. The van der Waals surface area contributed by atoms with E-state index in [4.69, 9.17) is 13.8 Å². The number of hydrogen-bond donors (Lipinski definition) is 1. The Bertz CT molecular complexity index is 1490. The second kappa shape index (κ2) is 50.7. The van der Waals surface area contributed by atoms with Crippen molar-refractivity contribution in [2.45, 2.75) is 251 Å². The van der Waals surface area contributed by atoms with Crippen LogP contribution < -0.4 is 10.2 Å². The van der Waals surface area contributed by atoms with Crippen molar-refractivity contribution in [2.24, 2.45) is 0 Å². The Morgan fingerprint density at radius 3 is 1.37 bits per heavy atom. The minimum Gasteiger partial charge on any atom is -0.756 e. The molecular weight excluding hydrogens is 904 g/mol. The number of ether oxygens (including phenoxy) is 1. The van der Waals surface area contributed by atoms with Gasteiger partial charge in [0.05, 0.1) is 33.8 Å². The number of likely N-dealkylation sites (N-methyl/N-ethyl adjacent to an activating group) is 1. The van der Waals surface area contributed by atoms with E-state index in [2.05, 4.69) is 99.0 Å². The van der Waals surface area contributed by atoms with Gasteiger partial charge in [-0.2, -0.15) is 0 Å². The Hall–Kier alpha value is -2.81. The molecule has 0 fully saturated rings. The van der Waals surface area contributed by atoms with Gasteiger partial charge in [0.25, 0.3) is 7.82 Å². The highest BCUT2D eigenvalue weighted by Gasteiger charge is 2.27. The Morgan fingerprint density at radius 1 is 0.507 bits per heavy atom. The zero-order chi connectivity index (χ0) is 52.2. The number of phosphoric acid groups is 1. The Balaban J connectivity index is 5.36. The monoisotopic (exact) mass is 1010 g/mol. The van der Waals surface area contributed by atoms with Gasteiger partial charge in [0.1, 0.15) is 19.3 Å². The lowest BCUT2D eigenvalue weighted by molar-refractivity contribution is -0.870. The van der Waals surface area contributed by atoms with Crippen LogP contribution in [0, 0.1) is 0 Å². The summed E-state index contributed by atoms with van der Waals surface area (Å²) in [5, 5.41) is 2.99. The second-order valence-electron chi connectivity index (χ2n) is 20.4. The van der Waals surface area contributed by atoms with Gasteiger partial charge in [0, 0.05) is 12.8 Å². The third-order valence-electron chi connectivity index (χ3n) is 12.3. The van der Waals surface area contributed by atoms with Crippen molar-refractivity contribution in [1.82, 2.24) is 5.32 Å². The van der Waals surface area contributed by atoms with Crippen molar-refractivity contribution in [3.63, 3.8) is 0 Å². The number of unbranched alkanes of at least 4 members (excludes halogenated alkanes) is 23. The fourth-order valence-corrected chi connectivity index (χ4v) is 8.60. The van der Waals surface area contributed by atoms with Crippen LogP contribution in [0.5, 0.6) is 0 Å². The lowest BCUT2D eigenvalue weighted by Gasteiger charge is -2.30. The van der Waals surface area contributed by atoms with Gasteiger partial charge in [-0.1, -0.05) is 228 Å². The molecule has 0 heterocycles. The van der Waals surface area contributed by atoms with E-state index in [0.717, 1.165) is 89.9 Å². The molecule has 9 nitrogen and oxygen atoms in total. The third kappa shape index (κ3) is 51.9. The molecular formula is C61H109N2O7P. The number of esters is 1. The summed E-state index contributed by atoms with van der Waals surface area (Å²) in [6.07, 6.45) is 65.5. The van der Waals surface area contributed by atoms with Gasteiger partial charge in [-0.05, 0) is 83.1 Å². The fourth-order valence-electron chi connectivity index (χ4n) is 7.88. The van der Waals surface area contributed by atoms with Gasteiger partial charge in [-0.25, -0.2) is 0 Å². The van der Waals surface area contributed by atoms with Crippen molar-refractivity contribution in [3.8, 4) is 0 Å². The highest BCUT2D eigenvalue weighted by Crippen LogP contribution is 2.38. The summed E-state index contributed by atoms with van der Waals surface area (Å²) in [6.45, 7) is 6.67. The minimum atomic E-state index is -4.71. The van der Waals surface area contributed by atoms with Gasteiger partial charge in [0.15, 0.2) is 0 Å². The second-order valence-corrected chi connectivity index (χ2v) is 21.8. The molecule has 0 aromatic rings. The number of quaternary nitrogens is 1. The Morgan fingerprint density at radius 2 is 0.901 bits per heavy atom. The standard InChI is InChI=1S/C61H109N2O7P/c1-7-10-13-16-19-22-25-27-28-29-30-31-32-33-34-36-38-41-44-47-50-53-60(64)62-58(57-69-71(66,67)68-56-55-63(4,5)6)59(52-49-46-43-40-37-24-21-18-15-12-9-3)70-61(65)54-51-48-45-42-39-35-26-23-20-17-14-11-8-2/h10,13,19,22,27-28,30-31,33-34,38,41,49,52,58-59H,7-9,11-12,14-18,20-21,23-26,29,32,35-37,39-40,42-48,50-51,53-57H2,1-6H3,(H-,62,64,66,67)/b13-10-,22-19-,28-27-,31-30-,34-33-,41-38-,52-49-. The number of nitrogens with zero attached hydrogens (tertiary/aromatic N) is 1. The van der Waals surface area contributed by atoms with E-state index >= 15 is 0 Å². The fraction of sp³-hybridized carbons (Fsp3) is 0.738. The van der Waals surface area contributed by atoms with E-state index in [1.165, 1.54) is 109 Å². The quantitative estimate of drug-likeness (QED) is 0.0212. The number of rotatable bonds is 51. The maximum absolute atomic E-state index is 13.5. The average Bonchev–Trinajstić information content (AvgIpc) is 3.33. The van der Waals surface area contributed by atoms with Crippen LogP contribution in [-0.2, 0) is 27.9 Å². The molecule has 0 radical (unpaired) electrons. The first-order chi connectivity index (χ1) is 34.4. The first kappa shape index (κ1) is 68.2. The van der Waals surface area contributed by atoms with E-state index in [1.807, 2.05) is 33.3 Å². The minimum absolute atomic E-state index is 0.0335. The zero-order valence-corrected chi connectivity index (χ0v) is 47.5. The lowest BCUT2D eigenvalue weighted by atomic mass is 10.0. The highest BCUT2D eigenvalue weighted by molar-refractivity contribution is 7.45. The summed E-state index contributed by atoms with van der Waals surface area (Å²) < 4.78 is 30.2. The number of carbonyl (C=O) groups excluding carboxylic acids is 2. The normalized spacial score (nSPS) is 14.4. The largest absolute Gasteiger partial charge is 0.756 e. The summed E-state index contributed by atoms with van der Waals surface area (Å²) in [7, 11) is 1.15. The summed E-state index contributed by atoms with van der Waals surface area (Å²) in [6, 6.07) is -0.912. The molecule has 3 unspecified atom stereocenters. The van der Waals surface area contributed by atoms with Crippen LogP contribution in [-0.4, -0.2) is 69.4 Å². The van der Waals surface area contributed by atoms with Gasteiger partial charge >= 0.3 is 5.97 Å². The molecule has 0 saturated heterocycles. The molecule has 1 N–H and O–H groups in total. The van der Waals surface area contributed by atoms with Crippen LogP contribution in [0.25, 0.3) is 0 Å². The topological polar surface area (TPSA) is 114 Å². The van der Waals surface area contributed by atoms with Crippen LogP contribution in [0.3, 0.4) is 0 Å². The number of phosphoric ester groups is 1. The molecule has 0 aliphatic carbocycles. The van der Waals surface area contributed by atoms with Gasteiger partial charge in [-0.3, -0.25) is 14.2 Å². The molecule has 0 spiro atoms. The van der Waals surface area contributed by atoms with Crippen LogP contribution in [0.4, 0.5) is 0 Å². The maximum Gasteiger partial charge on any atom is 0.306 e. The molecule has 0 aromatic heterocycles. The van der Waals surface area contributed by atoms with Crippen molar-refractivity contribution >= 4 is 19.7 Å². The van der Waals surface area contributed by atoms with Crippen molar-refractivity contribution in [2.75, 3.05) is 40.9 Å². The van der Waals surface area contributed by atoms with Gasteiger partial charge < -0.3 is 28.5 Å². The van der Waals surface area contributed by atoms with Crippen molar-refractivity contribution < 1.29 is 37.3 Å². The lowest BCUT2D eigenvalue weighted by Crippen LogP contribution is -2.47. The SMILES string of the molecule is CC/C=C\C/C=C\C/C=C\C/C=C\C/C=C\C/C=C\CCCCC(=O)NC(COP(=O)([O-])OCC[N+](C)(C)C)C(/C=C\CCCCCCCCCCC)OC(=O)CCCCCCCCCCCCCCC. The first-order valence-electron chi connectivity index (χ1n) is 28.9. The molecule has 10 heteroatoms. The summed E-state index contributed by atoms with van der Waals surface area (Å²) in [5.74, 6) is -0.594. The Kier molecular flexibility index (Phi) is 48.7. The molecule has 0 bridgehead atoms. The van der Waals surface area contributed by atoms with Crippen LogP contribution in [0.15, 0.2) is 85.1 Å².